The van der Waals surface area contributed by atoms with Gasteiger partial charge in [0.05, 0.1) is 23.9 Å². The fraction of sp³-hybridized carbons (Fsp3) is 0.300. The van der Waals surface area contributed by atoms with E-state index in [4.69, 9.17) is 9.47 Å². The van der Waals surface area contributed by atoms with Crippen LogP contribution < -0.4 is 4.74 Å². The third kappa shape index (κ3) is 3.01. The first-order valence-corrected chi connectivity index (χ1v) is 5.35. The summed E-state index contributed by atoms with van der Waals surface area (Å²) < 4.78 is 11.6. The first-order chi connectivity index (χ1) is 9.22. The number of rotatable bonds is 6. The number of aromatic nitrogens is 4. The van der Waals surface area contributed by atoms with E-state index in [-0.39, 0.29) is 18.2 Å². The molecule has 0 aliphatic heterocycles. The molecule has 0 fully saturated rings. The van der Waals surface area contributed by atoms with Gasteiger partial charge in [-0.1, -0.05) is 5.21 Å². The molecule has 9 heteroatoms. The number of methoxy groups -OCH3 is 1. The molecule has 0 bridgehead atoms. The number of ether oxygens (including phenoxy) is 2. The molecule has 2 heterocycles. The van der Waals surface area contributed by atoms with Crippen LogP contribution in [0.1, 0.15) is 0 Å². The molecule has 0 atom stereocenters. The number of hydrogen-bond acceptors (Lipinski definition) is 7. The molecule has 0 saturated carbocycles. The van der Waals surface area contributed by atoms with E-state index in [1.165, 1.54) is 16.9 Å². The van der Waals surface area contributed by atoms with Crippen LogP contribution in [0.2, 0.25) is 0 Å². The number of pyridine rings is 1. The maximum Gasteiger partial charge on any atom is 0.290 e. The topological polar surface area (TPSA) is 105 Å². The molecule has 2 aromatic rings. The van der Waals surface area contributed by atoms with Gasteiger partial charge in [-0.2, -0.15) is 0 Å². The van der Waals surface area contributed by atoms with Crippen LogP contribution >= 0.6 is 0 Å². The lowest BCUT2D eigenvalue weighted by molar-refractivity contribution is -0.385. The fourth-order valence-electron chi connectivity index (χ4n) is 1.36. The quantitative estimate of drug-likeness (QED) is 0.427. The van der Waals surface area contributed by atoms with Crippen LogP contribution in [0.15, 0.2) is 24.7 Å². The van der Waals surface area contributed by atoms with Crippen molar-refractivity contribution in [1.29, 1.82) is 0 Å². The SMILES string of the molecule is COCCOc1ncc([N+](=O)[O-])cc1-n1ccnn1. The van der Waals surface area contributed by atoms with Crippen molar-refractivity contribution in [2.24, 2.45) is 0 Å². The van der Waals surface area contributed by atoms with Crippen molar-refractivity contribution >= 4 is 5.69 Å². The van der Waals surface area contributed by atoms with E-state index in [1.807, 2.05) is 0 Å². The fourth-order valence-corrected chi connectivity index (χ4v) is 1.36. The molecule has 0 spiro atoms. The molecule has 100 valence electrons. The lowest BCUT2D eigenvalue weighted by Gasteiger charge is -2.09. The molecule has 19 heavy (non-hydrogen) atoms. The second-order valence-corrected chi connectivity index (χ2v) is 3.46. The number of nitrogens with zero attached hydrogens (tertiary/aromatic N) is 5. The average molecular weight is 265 g/mol. The van der Waals surface area contributed by atoms with Gasteiger partial charge in [0.25, 0.3) is 5.69 Å². The summed E-state index contributed by atoms with van der Waals surface area (Å²) in [7, 11) is 1.55. The zero-order valence-electron chi connectivity index (χ0n) is 10.1. The Balaban J connectivity index is 2.34. The van der Waals surface area contributed by atoms with E-state index in [9.17, 15) is 10.1 Å². The molecule has 2 aromatic heterocycles. The lowest BCUT2D eigenvalue weighted by atomic mass is 10.3. The molecule has 0 aliphatic rings. The second kappa shape index (κ2) is 5.87. The molecule has 0 amide bonds. The molecule has 0 N–H and O–H groups in total. The molecule has 0 radical (unpaired) electrons. The maximum absolute atomic E-state index is 10.8. The van der Waals surface area contributed by atoms with Gasteiger partial charge in [-0.3, -0.25) is 10.1 Å². The van der Waals surface area contributed by atoms with Gasteiger partial charge in [-0.25, -0.2) is 9.67 Å². The molecule has 2 rings (SSSR count). The minimum absolute atomic E-state index is 0.149. The Morgan fingerprint density at radius 2 is 2.32 bits per heavy atom. The van der Waals surface area contributed by atoms with Crippen LogP contribution in [0.25, 0.3) is 5.69 Å². The second-order valence-electron chi connectivity index (χ2n) is 3.46. The summed E-state index contributed by atoms with van der Waals surface area (Å²) in [5.74, 6) is 0.230. The summed E-state index contributed by atoms with van der Waals surface area (Å²) in [5.41, 5.74) is 0.201. The molecule has 0 aliphatic carbocycles. The number of hydrogen-bond donors (Lipinski definition) is 0. The van der Waals surface area contributed by atoms with Gasteiger partial charge in [0, 0.05) is 13.2 Å². The highest BCUT2D eigenvalue weighted by Gasteiger charge is 2.15. The van der Waals surface area contributed by atoms with E-state index >= 15 is 0 Å². The third-order valence-corrected chi connectivity index (χ3v) is 2.22. The summed E-state index contributed by atoms with van der Waals surface area (Å²) in [6.45, 7) is 0.665. The molecule has 0 saturated heterocycles. The predicted molar refractivity (Wildman–Crippen MR) is 63.2 cm³/mol. The summed E-state index contributed by atoms with van der Waals surface area (Å²) in [6.07, 6.45) is 4.13. The summed E-state index contributed by atoms with van der Waals surface area (Å²) >= 11 is 0. The highest BCUT2D eigenvalue weighted by molar-refractivity contribution is 5.47. The third-order valence-electron chi connectivity index (χ3n) is 2.22. The Morgan fingerprint density at radius 1 is 1.47 bits per heavy atom. The summed E-state index contributed by atoms with van der Waals surface area (Å²) in [4.78, 5) is 14.1. The average Bonchev–Trinajstić information content (AvgIpc) is 2.93. The smallest absolute Gasteiger partial charge is 0.290 e. The minimum atomic E-state index is -0.535. The van der Waals surface area contributed by atoms with Gasteiger partial charge in [-0.05, 0) is 0 Å². The highest BCUT2D eigenvalue weighted by Crippen LogP contribution is 2.23. The van der Waals surface area contributed by atoms with Gasteiger partial charge in [0.2, 0.25) is 5.88 Å². The summed E-state index contributed by atoms with van der Waals surface area (Å²) in [5, 5.41) is 18.2. The Labute approximate surface area is 107 Å². The van der Waals surface area contributed by atoms with Crippen molar-refractivity contribution in [2.45, 2.75) is 0 Å². The van der Waals surface area contributed by atoms with Gasteiger partial charge in [0.15, 0.2) is 0 Å². The van der Waals surface area contributed by atoms with Crippen LogP contribution in [-0.4, -0.2) is 45.2 Å². The van der Waals surface area contributed by atoms with E-state index < -0.39 is 4.92 Å². The van der Waals surface area contributed by atoms with Gasteiger partial charge < -0.3 is 9.47 Å². The first kappa shape index (κ1) is 12.9. The largest absolute Gasteiger partial charge is 0.474 e. The Kier molecular flexibility index (Phi) is 3.98. The number of nitro groups is 1. The van der Waals surface area contributed by atoms with Crippen molar-refractivity contribution in [3.8, 4) is 11.6 Å². The summed E-state index contributed by atoms with van der Waals surface area (Å²) in [6, 6.07) is 1.32. The molecule has 0 unspecified atom stereocenters. The van der Waals surface area contributed by atoms with E-state index in [2.05, 4.69) is 15.3 Å². The minimum Gasteiger partial charge on any atom is -0.474 e. The molecular formula is C10H11N5O4. The van der Waals surface area contributed by atoms with Crippen LogP contribution in [-0.2, 0) is 4.74 Å². The van der Waals surface area contributed by atoms with Crippen LogP contribution in [0, 0.1) is 10.1 Å². The maximum atomic E-state index is 10.8. The zero-order valence-corrected chi connectivity index (χ0v) is 10.1. The van der Waals surface area contributed by atoms with Crippen LogP contribution in [0.3, 0.4) is 0 Å². The zero-order chi connectivity index (χ0) is 13.7. The van der Waals surface area contributed by atoms with E-state index in [1.54, 1.807) is 13.3 Å². The van der Waals surface area contributed by atoms with Crippen molar-refractivity contribution in [3.05, 3.63) is 34.8 Å². The van der Waals surface area contributed by atoms with Gasteiger partial charge >= 0.3 is 0 Å². The van der Waals surface area contributed by atoms with E-state index in [0.29, 0.717) is 12.3 Å². The Morgan fingerprint density at radius 3 is 2.95 bits per heavy atom. The van der Waals surface area contributed by atoms with Crippen molar-refractivity contribution in [2.75, 3.05) is 20.3 Å². The van der Waals surface area contributed by atoms with Gasteiger partial charge in [0.1, 0.15) is 18.5 Å². The van der Waals surface area contributed by atoms with Crippen molar-refractivity contribution < 1.29 is 14.4 Å². The molecule has 0 aromatic carbocycles. The van der Waals surface area contributed by atoms with Crippen LogP contribution in [0.5, 0.6) is 5.88 Å². The predicted octanol–water partition coefficient (Wildman–Crippen LogP) is 0.596. The Hall–Kier alpha value is -2.55. The molecule has 9 nitrogen and oxygen atoms in total. The van der Waals surface area contributed by atoms with Crippen LogP contribution in [0.4, 0.5) is 5.69 Å². The van der Waals surface area contributed by atoms with Gasteiger partial charge in [-0.15, -0.1) is 5.10 Å². The van der Waals surface area contributed by atoms with E-state index in [0.717, 1.165) is 6.20 Å². The first-order valence-electron chi connectivity index (χ1n) is 5.35. The lowest BCUT2D eigenvalue weighted by Crippen LogP contribution is -2.09. The molecular weight excluding hydrogens is 254 g/mol. The Bertz CT molecular complexity index is 557. The highest BCUT2D eigenvalue weighted by atomic mass is 16.6. The van der Waals surface area contributed by atoms with Crippen molar-refractivity contribution in [1.82, 2.24) is 20.0 Å². The monoisotopic (exact) mass is 265 g/mol. The van der Waals surface area contributed by atoms with Crippen molar-refractivity contribution in [3.63, 3.8) is 0 Å². The standard InChI is InChI=1S/C10H11N5O4/c1-18-4-5-19-10-9(14-3-2-12-13-14)6-8(7-11-10)15(16)17/h2-3,6-7H,4-5H2,1H3. The normalized spacial score (nSPS) is 10.4.